The second-order valence-corrected chi connectivity index (χ2v) is 37.2. The molecule has 35 nitrogen and oxygen atoms in total. The summed E-state index contributed by atoms with van der Waals surface area (Å²) < 4.78 is 189. The summed E-state index contributed by atoms with van der Waals surface area (Å²) in [5.74, 6) is 1.56. The number of aliphatic hydroxyl groups excluding tert-OH is 1. The quantitative estimate of drug-likeness (QED) is 0.0899. The molecule has 10 unspecified atom stereocenters. The van der Waals surface area contributed by atoms with Crippen LogP contribution in [0.3, 0.4) is 0 Å². The van der Waals surface area contributed by atoms with Gasteiger partial charge in [0, 0.05) is 171 Å². The summed E-state index contributed by atoms with van der Waals surface area (Å²) in [4.78, 5) is 0. The minimum atomic E-state index is -0.534. The average molecular weight is 1830 g/mol. The maximum Gasteiger partial charge on any atom is 0.146 e. The van der Waals surface area contributed by atoms with Gasteiger partial charge < -0.3 is 166 Å². The molecule has 43 atom stereocenters. The van der Waals surface area contributed by atoms with Crippen LogP contribution in [0.2, 0.25) is 0 Å². The molecule has 0 aromatic carbocycles. The third-order valence-electron chi connectivity index (χ3n) is 30.5. The molecule has 1 N–H and O–H groups in total. The zero-order chi connectivity index (χ0) is 95.2. The van der Waals surface area contributed by atoms with E-state index in [2.05, 4.69) is 27.4 Å². The molecule has 0 spiro atoms. The Morgan fingerprint density at radius 2 is 0.719 bits per heavy atom. The molecule has 738 valence electrons. The molecule has 0 aromatic rings. The highest BCUT2D eigenvalue weighted by molar-refractivity contribution is 6.12. The van der Waals surface area contributed by atoms with E-state index in [-0.39, 0.29) is 176 Å². The van der Waals surface area contributed by atoms with Gasteiger partial charge in [0.05, 0.1) is 152 Å². The standard InChI is InChI=1S/C11H20O3.C11H18O3.4C10H18O4.3C9H15BO4.CH4O/c2*1-7-5-11(6-12-3)10(13-4)9(7)8(2)14-11;1-7-8-9(2,12-4)10(14-7,5-11-3)6-13-8;2*1-6-8-9(12-4)10(14-6,5-13-8)7(2)11-3;1-6-8-9(12-4)10(14-6,5-11-3)7(2)13-8;1-5(11-2)9-4-13-6(7(9)12-3)8(10)14-9;2*1-5-9(4-11-2)7(12-3)6(13-5)8(10)14-9;1-2/h7-10H,5-6H2,1-4H3;8-10H,1,5-6H2,2-4H3;7-8H,5-6H2,1-4H3;3*6-9H,5H2,1-4H3;3*5-8H,4H2,1-3H3;2H,1H3/t7-,8-,9?,10-,11?;8-,9?,10-,11?;7-,8+,9+,10+;6-,7+,8+,9+,10-;6-,7-,8+,9+,10-;6-,7+,8+,9+,10+;5?,6?,7-,8-,9-;2*5?,6?,7-,8-,9+;/m000000111./s1. The topological polar surface area (TPSA) is 334 Å². The van der Waals surface area contributed by atoms with E-state index >= 15 is 0 Å². The van der Waals surface area contributed by atoms with Gasteiger partial charge in [0.1, 0.15) is 159 Å². The normalized spacial score (nSPS) is 49.1. The van der Waals surface area contributed by atoms with Crippen molar-refractivity contribution in [3.05, 3.63) is 12.2 Å². The third kappa shape index (κ3) is 19.3. The van der Waals surface area contributed by atoms with Crippen molar-refractivity contribution >= 4 is 23.5 Å². The van der Waals surface area contributed by atoms with Crippen molar-refractivity contribution in [3.8, 4) is 0 Å². The van der Waals surface area contributed by atoms with Crippen molar-refractivity contribution in [2.75, 3.05) is 201 Å². The summed E-state index contributed by atoms with van der Waals surface area (Å²) in [7, 11) is 48.6. The molecule has 2 saturated carbocycles. The van der Waals surface area contributed by atoms with Gasteiger partial charge in [-0.15, -0.1) is 0 Å². The van der Waals surface area contributed by atoms with Gasteiger partial charge >= 0.3 is 0 Å². The van der Waals surface area contributed by atoms with Crippen LogP contribution >= 0.6 is 0 Å². The molecule has 0 aromatic heterocycles. The second-order valence-electron chi connectivity index (χ2n) is 37.2. The minimum Gasteiger partial charge on any atom is -0.400 e. The summed E-state index contributed by atoms with van der Waals surface area (Å²) in [6.45, 7) is 37.9. The highest BCUT2D eigenvalue weighted by Gasteiger charge is 2.72. The van der Waals surface area contributed by atoms with Gasteiger partial charge in [0.25, 0.3) is 0 Å². The molecular weight excluding hydrogens is 1670 g/mol. The number of hydrogen-bond donors (Lipinski definition) is 1. The van der Waals surface area contributed by atoms with Crippen molar-refractivity contribution in [1.82, 2.24) is 0 Å². The molecule has 18 bridgehead atoms. The van der Waals surface area contributed by atoms with E-state index in [4.69, 9.17) is 190 Å². The molecule has 18 aliphatic rings. The monoisotopic (exact) mass is 1830 g/mol. The lowest BCUT2D eigenvalue weighted by molar-refractivity contribution is -0.194. The largest absolute Gasteiger partial charge is 0.400 e. The Morgan fingerprint density at radius 1 is 0.359 bits per heavy atom. The molecule has 6 radical (unpaired) electrons. The summed E-state index contributed by atoms with van der Waals surface area (Å²) >= 11 is 0. The van der Waals surface area contributed by atoms with Crippen molar-refractivity contribution in [1.29, 1.82) is 0 Å². The fourth-order valence-electron chi connectivity index (χ4n) is 24.3. The second kappa shape index (κ2) is 45.6. The van der Waals surface area contributed by atoms with Crippen molar-refractivity contribution in [3.63, 3.8) is 0 Å². The van der Waals surface area contributed by atoms with Crippen LogP contribution in [0.25, 0.3) is 0 Å². The Hall–Kier alpha value is -1.47. The highest BCUT2D eigenvalue weighted by atomic mass is 16.7. The molecule has 16 heterocycles. The molecule has 18 fully saturated rings. The summed E-state index contributed by atoms with van der Waals surface area (Å²) in [6.07, 6.45) is 2.18. The number of rotatable bonds is 27. The molecule has 18 rings (SSSR count). The predicted octanol–water partition coefficient (Wildman–Crippen LogP) is 3.92. The van der Waals surface area contributed by atoms with E-state index in [0.29, 0.717) is 89.9 Å². The van der Waals surface area contributed by atoms with Gasteiger partial charge in [-0.1, -0.05) is 19.1 Å². The molecular formula is C90H159B3O35. The first kappa shape index (κ1) is 110. The molecule has 128 heavy (non-hydrogen) atoms. The lowest BCUT2D eigenvalue weighted by atomic mass is 9.85. The maximum absolute atomic E-state index is 7.00. The molecule has 16 saturated heterocycles. The van der Waals surface area contributed by atoms with Gasteiger partial charge in [-0.25, -0.2) is 0 Å². The van der Waals surface area contributed by atoms with Crippen molar-refractivity contribution in [2.45, 2.75) is 349 Å². The van der Waals surface area contributed by atoms with E-state index in [0.717, 1.165) is 20.0 Å². The van der Waals surface area contributed by atoms with Crippen LogP contribution in [-0.2, 0) is 161 Å². The molecule has 38 heteroatoms. The first-order chi connectivity index (χ1) is 60.8. The highest BCUT2D eigenvalue weighted by Crippen LogP contribution is 2.57. The minimum absolute atomic E-state index is 0.00699. The van der Waals surface area contributed by atoms with Gasteiger partial charge in [-0.05, 0) is 102 Å². The Morgan fingerprint density at radius 3 is 1.09 bits per heavy atom. The third-order valence-corrected chi connectivity index (χ3v) is 30.5. The van der Waals surface area contributed by atoms with Gasteiger partial charge in [-0.3, -0.25) is 0 Å². The molecule has 0 amide bonds. The fourth-order valence-corrected chi connectivity index (χ4v) is 24.3. The predicted molar refractivity (Wildman–Crippen MR) is 467 cm³/mol. The van der Waals surface area contributed by atoms with Crippen molar-refractivity contribution < 1.29 is 166 Å². The summed E-state index contributed by atoms with van der Waals surface area (Å²) in [6, 6.07) is -1.23. The number of aliphatic hydroxyl groups is 1. The van der Waals surface area contributed by atoms with Crippen LogP contribution < -0.4 is 0 Å². The van der Waals surface area contributed by atoms with Gasteiger partial charge in [0.15, 0.2) is 0 Å². The van der Waals surface area contributed by atoms with Crippen LogP contribution in [0.5, 0.6) is 0 Å². The lowest BCUT2D eigenvalue weighted by Gasteiger charge is -2.35. The molecule has 2 aliphatic carbocycles. The fraction of sp³-hybridized carbons (Fsp3) is 0.978. The first-order valence-corrected chi connectivity index (χ1v) is 45.0. The van der Waals surface area contributed by atoms with Gasteiger partial charge in [0.2, 0.25) is 0 Å². The van der Waals surface area contributed by atoms with Crippen LogP contribution in [0.15, 0.2) is 12.2 Å². The van der Waals surface area contributed by atoms with E-state index in [1.165, 1.54) is 5.57 Å². The Balaban J connectivity index is 0.000000162. The summed E-state index contributed by atoms with van der Waals surface area (Å²) in [5.41, 5.74) is -2.85. The van der Waals surface area contributed by atoms with E-state index < -0.39 is 57.2 Å². The van der Waals surface area contributed by atoms with Gasteiger partial charge in [-0.2, -0.15) is 0 Å². The Kier molecular flexibility index (Phi) is 39.3. The number of ether oxygens (including phenoxy) is 34. The number of methoxy groups -OCH3 is 18. The van der Waals surface area contributed by atoms with Crippen LogP contribution in [0, 0.1) is 17.8 Å². The zero-order valence-electron chi connectivity index (χ0n) is 82.8. The average Bonchev–Trinajstić information content (AvgIpc) is 1.54. The Labute approximate surface area is 766 Å². The molecule has 16 aliphatic heterocycles. The van der Waals surface area contributed by atoms with Crippen LogP contribution in [0.4, 0.5) is 0 Å². The number of fused-ring (bicyclic) bond motifs is 18. The smallest absolute Gasteiger partial charge is 0.146 e. The van der Waals surface area contributed by atoms with E-state index in [1.807, 2.05) is 76.2 Å². The lowest BCUT2D eigenvalue weighted by Crippen LogP contribution is -2.54. The zero-order valence-corrected chi connectivity index (χ0v) is 82.8. The number of hydrogen-bond acceptors (Lipinski definition) is 35. The Bertz CT molecular complexity index is 3100. The summed E-state index contributed by atoms with van der Waals surface area (Å²) in [5, 5.41) is 7.00. The van der Waals surface area contributed by atoms with E-state index in [9.17, 15) is 0 Å². The van der Waals surface area contributed by atoms with Crippen molar-refractivity contribution in [2.24, 2.45) is 17.8 Å². The van der Waals surface area contributed by atoms with Crippen LogP contribution in [0.1, 0.15) is 110 Å². The first-order valence-electron chi connectivity index (χ1n) is 45.0. The van der Waals surface area contributed by atoms with E-state index in [1.54, 1.807) is 128 Å². The van der Waals surface area contributed by atoms with Crippen LogP contribution in [-0.4, -0.2) is 469 Å². The maximum atomic E-state index is 7.00. The SMILES string of the molecule is C=C1CC2(COC)O[C@@H](C)C1[C@@H]2OC.CO.COCC12C[C@H](C)C([C@H](C)O1)[C@@H]2OC.COC[C@@]12O[C@@H](C)[C@@H](O[C@@H]1C)[C@H]2OC.COC[C@]12CO[C@H]([C@H](C)O1)[C@@]2(C)OC.CO[C@@H](C)[C@]12CO[C@H]([C@H](C)O1)[C@H]2OC.CO[C@@H]1[C@@H]2OC[C@@]1([C@@H](C)OC)O[C@H]2C.[B][C@@H]1O[C@@]2(C(C)OC)COC1[C@H]2OC.[B][C@@H]1O[C@@]2(COC)C(C)OC1[C@H]2OC.[B][C@@H]1O[C@@]2(COC)C(C)OC1[C@H]2OC.